The second-order valence-corrected chi connectivity index (χ2v) is 1.93. The van der Waals surface area contributed by atoms with Crippen molar-refractivity contribution < 1.29 is 4.79 Å². The number of allylic oxidation sites excluding steroid dienone is 1. The van der Waals surface area contributed by atoms with Gasteiger partial charge in [0, 0.05) is 6.20 Å². The predicted molar refractivity (Wildman–Crippen MR) is 37.8 cm³/mol. The summed E-state index contributed by atoms with van der Waals surface area (Å²) in [5.41, 5.74) is 1.06. The third-order valence-electron chi connectivity index (χ3n) is 0.688. The molecule has 0 aliphatic heterocycles. The van der Waals surface area contributed by atoms with Crippen molar-refractivity contribution in [2.75, 3.05) is 0 Å². The number of carbonyl (C=O) groups is 1. The second kappa shape index (κ2) is 3.89. The quantitative estimate of drug-likeness (QED) is 0.552. The number of rotatable bonds is 2. The van der Waals surface area contributed by atoms with Crippen LogP contribution in [0.25, 0.3) is 0 Å². The molecular formula is C7H11NO. The van der Waals surface area contributed by atoms with Crippen LogP contribution in [0.2, 0.25) is 0 Å². The lowest BCUT2D eigenvalue weighted by Gasteiger charge is -1.91. The number of amides is 1. The van der Waals surface area contributed by atoms with Crippen molar-refractivity contribution in [3.8, 4) is 0 Å². The molecule has 0 rings (SSSR count). The summed E-state index contributed by atoms with van der Waals surface area (Å²) >= 11 is 0. The highest BCUT2D eigenvalue weighted by Gasteiger charge is 1.85. The Hall–Kier alpha value is -1.05. The van der Waals surface area contributed by atoms with E-state index in [1.165, 1.54) is 6.08 Å². The minimum atomic E-state index is -0.170. The van der Waals surface area contributed by atoms with Crippen molar-refractivity contribution in [3.63, 3.8) is 0 Å². The lowest BCUT2D eigenvalue weighted by Crippen LogP contribution is -2.13. The Kier molecular flexibility index (Phi) is 3.44. The van der Waals surface area contributed by atoms with E-state index in [1.54, 1.807) is 6.20 Å². The fraction of sp³-hybridized carbons (Fsp3) is 0.286. The van der Waals surface area contributed by atoms with Crippen molar-refractivity contribution in [2.45, 2.75) is 13.8 Å². The van der Waals surface area contributed by atoms with Gasteiger partial charge in [0.05, 0.1) is 0 Å². The Balaban J connectivity index is 3.63. The molecule has 0 spiro atoms. The summed E-state index contributed by atoms with van der Waals surface area (Å²) in [6, 6.07) is 0. The molecule has 0 aromatic rings. The van der Waals surface area contributed by atoms with Crippen molar-refractivity contribution >= 4 is 5.91 Å². The molecule has 1 N–H and O–H groups in total. The van der Waals surface area contributed by atoms with Gasteiger partial charge >= 0.3 is 0 Å². The van der Waals surface area contributed by atoms with Crippen LogP contribution < -0.4 is 5.32 Å². The highest BCUT2D eigenvalue weighted by atomic mass is 16.1. The van der Waals surface area contributed by atoms with Gasteiger partial charge in [-0.05, 0) is 19.9 Å². The first kappa shape index (κ1) is 7.95. The van der Waals surface area contributed by atoms with Gasteiger partial charge in [-0.25, -0.2) is 0 Å². The summed E-state index contributed by atoms with van der Waals surface area (Å²) in [6.45, 7) is 7.11. The molecule has 0 saturated carbocycles. The largest absolute Gasteiger partial charge is 0.329 e. The topological polar surface area (TPSA) is 29.1 Å². The molecule has 0 fully saturated rings. The zero-order valence-electron chi connectivity index (χ0n) is 5.77. The van der Waals surface area contributed by atoms with Gasteiger partial charge in [0.2, 0.25) is 5.91 Å². The van der Waals surface area contributed by atoms with Gasteiger partial charge in [0.25, 0.3) is 0 Å². The summed E-state index contributed by atoms with van der Waals surface area (Å²) in [5.74, 6) is -0.170. The summed E-state index contributed by atoms with van der Waals surface area (Å²) in [4.78, 5) is 10.4. The molecule has 1 amide bonds. The lowest BCUT2D eigenvalue weighted by molar-refractivity contribution is -0.115. The summed E-state index contributed by atoms with van der Waals surface area (Å²) < 4.78 is 0. The van der Waals surface area contributed by atoms with Crippen molar-refractivity contribution in [2.24, 2.45) is 0 Å². The van der Waals surface area contributed by atoms with Gasteiger partial charge < -0.3 is 5.32 Å². The van der Waals surface area contributed by atoms with E-state index < -0.39 is 0 Å². The molecule has 9 heavy (non-hydrogen) atoms. The molecule has 0 bridgehead atoms. The van der Waals surface area contributed by atoms with Gasteiger partial charge in [-0.2, -0.15) is 0 Å². The second-order valence-electron chi connectivity index (χ2n) is 1.93. The summed E-state index contributed by atoms with van der Waals surface area (Å²) in [5, 5.41) is 2.51. The predicted octanol–water partition coefficient (Wildman–Crippen LogP) is 1.21. The minimum Gasteiger partial charge on any atom is -0.329 e. The number of hydrogen-bond acceptors (Lipinski definition) is 1. The summed E-state index contributed by atoms with van der Waals surface area (Å²) in [7, 11) is 0. The first-order valence-corrected chi connectivity index (χ1v) is 2.73. The van der Waals surface area contributed by atoms with E-state index in [0.717, 1.165) is 5.57 Å². The van der Waals surface area contributed by atoms with Crippen LogP contribution in [-0.4, -0.2) is 5.91 Å². The van der Waals surface area contributed by atoms with Crippen molar-refractivity contribution in [3.05, 3.63) is 24.4 Å². The average Bonchev–Trinajstić information content (AvgIpc) is 1.83. The highest BCUT2D eigenvalue weighted by molar-refractivity contribution is 5.87. The zero-order chi connectivity index (χ0) is 7.28. The van der Waals surface area contributed by atoms with Crippen LogP contribution in [0.15, 0.2) is 24.4 Å². The van der Waals surface area contributed by atoms with Crippen molar-refractivity contribution in [1.29, 1.82) is 0 Å². The zero-order valence-corrected chi connectivity index (χ0v) is 5.77. The molecule has 0 heterocycles. The highest BCUT2D eigenvalue weighted by Crippen LogP contribution is 1.83. The average molecular weight is 125 g/mol. The van der Waals surface area contributed by atoms with E-state index in [1.807, 2.05) is 13.8 Å². The fourth-order valence-corrected chi connectivity index (χ4v) is 0.274. The molecule has 0 aromatic carbocycles. The van der Waals surface area contributed by atoms with E-state index in [4.69, 9.17) is 0 Å². The number of carbonyl (C=O) groups excluding carboxylic acids is 1. The first-order valence-electron chi connectivity index (χ1n) is 2.73. The Morgan fingerprint density at radius 2 is 2.11 bits per heavy atom. The van der Waals surface area contributed by atoms with Gasteiger partial charge in [0.1, 0.15) is 0 Å². The van der Waals surface area contributed by atoms with Gasteiger partial charge in [-0.15, -0.1) is 0 Å². The van der Waals surface area contributed by atoms with Gasteiger partial charge in [0.15, 0.2) is 0 Å². The Morgan fingerprint density at radius 1 is 1.56 bits per heavy atom. The minimum absolute atomic E-state index is 0.170. The third kappa shape index (κ3) is 4.81. The summed E-state index contributed by atoms with van der Waals surface area (Å²) in [6.07, 6.45) is 2.88. The molecule has 0 aliphatic carbocycles. The fourth-order valence-electron chi connectivity index (χ4n) is 0.274. The lowest BCUT2D eigenvalue weighted by atomic mass is 10.4. The van der Waals surface area contributed by atoms with Gasteiger partial charge in [-0.1, -0.05) is 12.2 Å². The van der Waals surface area contributed by atoms with E-state index in [-0.39, 0.29) is 5.91 Å². The molecule has 0 atom stereocenters. The molecule has 0 saturated heterocycles. The maximum Gasteiger partial charge on any atom is 0.247 e. The van der Waals surface area contributed by atoms with Crippen molar-refractivity contribution in [1.82, 2.24) is 5.32 Å². The molecule has 0 radical (unpaired) electrons. The van der Waals surface area contributed by atoms with Crippen LogP contribution in [0.3, 0.4) is 0 Å². The number of hydrogen-bond donors (Lipinski definition) is 1. The first-order chi connectivity index (χ1) is 4.16. The molecular weight excluding hydrogens is 114 g/mol. The van der Waals surface area contributed by atoms with Crippen LogP contribution in [0, 0.1) is 0 Å². The molecule has 0 aliphatic rings. The van der Waals surface area contributed by atoms with E-state index >= 15 is 0 Å². The third-order valence-corrected chi connectivity index (χ3v) is 0.688. The maximum absolute atomic E-state index is 10.4. The SMILES string of the molecule is C=CC(=O)NC=C(C)C. The van der Waals surface area contributed by atoms with Gasteiger partial charge in [-0.3, -0.25) is 4.79 Å². The van der Waals surface area contributed by atoms with Crippen LogP contribution in [0.5, 0.6) is 0 Å². The van der Waals surface area contributed by atoms with Crippen LogP contribution in [-0.2, 0) is 4.79 Å². The molecule has 0 unspecified atom stereocenters. The smallest absolute Gasteiger partial charge is 0.247 e. The monoisotopic (exact) mass is 125 g/mol. The standard InChI is InChI=1S/C7H11NO/c1-4-7(9)8-5-6(2)3/h4-5H,1H2,2-3H3,(H,8,9). The molecule has 2 nitrogen and oxygen atoms in total. The van der Waals surface area contributed by atoms with Crippen LogP contribution in [0.1, 0.15) is 13.8 Å². The molecule has 0 aromatic heterocycles. The Morgan fingerprint density at radius 3 is 2.44 bits per heavy atom. The molecule has 50 valence electrons. The normalized spacial score (nSPS) is 7.78. The van der Waals surface area contributed by atoms with E-state index in [2.05, 4.69) is 11.9 Å². The van der Waals surface area contributed by atoms with E-state index in [0.29, 0.717) is 0 Å². The number of nitrogens with one attached hydrogen (secondary N) is 1. The Bertz CT molecular complexity index is 143. The Labute approximate surface area is 55.3 Å². The van der Waals surface area contributed by atoms with Crippen LogP contribution in [0.4, 0.5) is 0 Å². The van der Waals surface area contributed by atoms with E-state index in [9.17, 15) is 4.79 Å². The van der Waals surface area contributed by atoms with Crippen LogP contribution >= 0.6 is 0 Å². The maximum atomic E-state index is 10.4. The molecule has 2 heteroatoms.